The number of morpholine rings is 1. The number of urea groups is 1. The molecule has 0 saturated carbocycles. The van der Waals surface area contributed by atoms with Crippen molar-refractivity contribution < 1.29 is 23.5 Å². The number of nitrogens with one attached hydrogen (secondary N) is 3. The molecule has 1 aliphatic heterocycles. The van der Waals surface area contributed by atoms with Crippen LogP contribution in [0.2, 0.25) is 0 Å². The minimum Gasteiger partial charge on any atom is -0.452 e. The number of carbonyl (C=O) groups is 2. The van der Waals surface area contributed by atoms with Crippen LogP contribution in [-0.4, -0.2) is 44.5 Å². The molecule has 0 aromatic heterocycles. The summed E-state index contributed by atoms with van der Waals surface area (Å²) in [5.74, 6) is -0.449. The lowest BCUT2D eigenvalue weighted by molar-refractivity contribution is -0.00539. The van der Waals surface area contributed by atoms with Crippen molar-refractivity contribution in [2.45, 2.75) is 26.1 Å². The van der Waals surface area contributed by atoms with Crippen molar-refractivity contribution in [2.24, 2.45) is 0 Å². The van der Waals surface area contributed by atoms with Crippen LogP contribution in [0.3, 0.4) is 0 Å². The normalized spacial score (nSPS) is 20.2. The number of benzene rings is 1. The molecule has 0 spiro atoms. The summed E-state index contributed by atoms with van der Waals surface area (Å²) in [6.07, 6.45) is -0.788. The molecule has 3 amide bonds. The Bertz CT molecular complexity index is 603. The molecular weight excluding hydrogens is 319 g/mol. The zero-order valence-electron chi connectivity index (χ0n) is 13.8. The van der Waals surface area contributed by atoms with Crippen LogP contribution in [0.5, 0.6) is 0 Å². The minimum absolute atomic E-state index is 0.0149. The first-order valence-corrected chi connectivity index (χ1v) is 7.50. The third-order valence-electron chi connectivity index (χ3n) is 3.43. The third kappa shape index (κ3) is 4.72. The summed E-state index contributed by atoms with van der Waals surface area (Å²) in [7, 11) is 1.16. The fourth-order valence-electron chi connectivity index (χ4n) is 2.54. The predicted octanol–water partition coefficient (Wildman–Crippen LogP) is 1.83. The van der Waals surface area contributed by atoms with E-state index in [0.29, 0.717) is 18.8 Å². The van der Waals surface area contributed by atoms with Crippen LogP contribution >= 0.6 is 0 Å². The maximum atomic E-state index is 14.4. The molecule has 1 fully saturated rings. The topological polar surface area (TPSA) is 91.9 Å². The van der Waals surface area contributed by atoms with E-state index in [0.717, 1.165) is 7.11 Å². The van der Waals surface area contributed by atoms with Gasteiger partial charge >= 0.3 is 12.1 Å². The highest BCUT2D eigenvalue weighted by Gasteiger charge is 2.24. The number of nitrogens with zero attached hydrogens (tertiary/aromatic N) is 1. The van der Waals surface area contributed by atoms with Gasteiger partial charge in [-0.15, -0.1) is 0 Å². The summed E-state index contributed by atoms with van der Waals surface area (Å²) >= 11 is 0. The molecule has 1 aromatic rings. The number of hydrazine groups is 1. The monoisotopic (exact) mass is 340 g/mol. The van der Waals surface area contributed by atoms with Crippen molar-refractivity contribution in [1.82, 2.24) is 10.9 Å². The quantitative estimate of drug-likeness (QED) is 0.715. The lowest BCUT2D eigenvalue weighted by Gasteiger charge is -2.37. The number of carbonyl (C=O) groups excluding carboxylic acids is 2. The van der Waals surface area contributed by atoms with Crippen molar-refractivity contribution in [3.05, 3.63) is 24.0 Å². The molecule has 1 aromatic carbocycles. The van der Waals surface area contributed by atoms with E-state index in [2.05, 4.69) is 15.5 Å². The van der Waals surface area contributed by atoms with Gasteiger partial charge in [-0.1, -0.05) is 0 Å². The van der Waals surface area contributed by atoms with Gasteiger partial charge in [0.15, 0.2) is 0 Å². The average molecular weight is 340 g/mol. The molecule has 0 bridgehead atoms. The van der Waals surface area contributed by atoms with Gasteiger partial charge in [0.05, 0.1) is 25.0 Å². The molecule has 1 saturated heterocycles. The number of amides is 3. The van der Waals surface area contributed by atoms with Crippen molar-refractivity contribution in [2.75, 3.05) is 30.4 Å². The molecule has 132 valence electrons. The molecule has 9 heteroatoms. The number of hydrogen-bond donors (Lipinski definition) is 3. The molecule has 3 N–H and O–H groups in total. The van der Waals surface area contributed by atoms with Crippen LogP contribution in [0.25, 0.3) is 0 Å². The second-order valence-corrected chi connectivity index (χ2v) is 5.52. The fraction of sp³-hybridized carbons (Fsp3) is 0.467. The van der Waals surface area contributed by atoms with Gasteiger partial charge in [0.1, 0.15) is 5.82 Å². The van der Waals surface area contributed by atoms with Crippen molar-refractivity contribution in [3.63, 3.8) is 0 Å². The Balaban J connectivity index is 1.99. The summed E-state index contributed by atoms with van der Waals surface area (Å²) in [6, 6.07) is 3.68. The van der Waals surface area contributed by atoms with Crippen molar-refractivity contribution >= 4 is 23.5 Å². The van der Waals surface area contributed by atoms with E-state index in [1.807, 2.05) is 24.2 Å². The molecule has 24 heavy (non-hydrogen) atoms. The van der Waals surface area contributed by atoms with Crippen LogP contribution < -0.4 is 21.1 Å². The Labute approximate surface area is 139 Å². The van der Waals surface area contributed by atoms with Gasteiger partial charge in [-0.3, -0.25) is 0 Å². The molecular formula is C15H21FN4O4. The Morgan fingerprint density at radius 1 is 1.25 bits per heavy atom. The SMILES string of the molecule is COC(=O)NNC(=O)Nc1ccc(N2C[C@H](C)O[C@@H](C)C2)c(F)c1. The first-order chi connectivity index (χ1) is 11.4. The van der Waals surface area contributed by atoms with Gasteiger partial charge < -0.3 is 19.7 Å². The number of methoxy groups -OCH3 is 1. The third-order valence-corrected chi connectivity index (χ3v) is 3.43. The van der Waals surface area contributed by atoms with Gasteiger partial charge in [0.2, 0.25) is 0 Å². The second-order valence-electron chi connectivity index (χ2n) is 5.52. The van der Waals surface area contributed by atoms with Gasteiger partial charge in [0.25, 0.3) is 0 Å². The molecule has 1 heterocycles. The molecule has 0 aliphatic carbocycles. The Kier molecular flexibility index (Phi) is 5.80. The highest BCUT2D eigenvalue weighted by Crippen LogP contribution is 2.26. The maximum absolute atomic E-state index is 14.4. The maximum Gasteiger partial charge on any atom is 0.425 e. The van der Waals surface area contributed by atoms with Gasteiger partial charge in [-0.05, 0) is 32.0 Å². The number of hydrogen-bond acceptors (Lipinski definition) is 5. The van der Waals surface area contributed by atoms with Crippen LogP contribution in [0, 0.1) is 5.82 Å². The van der Waals surface area contributed by atoms with E-state index in [4.69, 9.17) is 4.74 Å². The Hall–Kier alpha value is -2.55. The molecule has 0 unspecified atom stereocenters. The molecule has 0 radical (unpaired) electrons. The summed E-state index contributed by atoms with van der Waals surface area (Å²) in [6.45, 7) is 5.07. The fourth-order valence-corrected chi connectivity index (χ4v) is 2.54. The molecule has 1 aliphatic rings. The van der Waals surface area contributed by atoms with Gasteiger partial charge in [0, 0.05) is 18.8 Å². The first kappa shape index (κ1) is 17.8. The summed E-state index contributed by atoms with van der Waals surface area (Å²) < 4.78 is 24.3. The highest BCUT2D eigenvalue weighted by molar-refractivity contribution is 5.90. The first-order valence-electron chi connectivity index (χ1n) is 7.50. The smallest absolute Gasteiger partial charge is 0.425 e. The van der Waals surface area contributed by atoms with E-state index in [1.165, 1.54) is 6.07 Å². The Morgan fingerprint density at radius 3 is 2.50 bits per heavy atom. The van der Waals surface area contributed by atoms with E-state index in [1.54, 1.807) is 12.1 Å². The molecule has 8 nitrogen and oxygen atoms in total. The van der Waals surface area contributed by atoms with Gasteiger partial charge in [-0.25, -0.2) is 24.8 Å². The lowest BCUT2D eigenvalue weighted by atomic mass is 10.2. The molecule has 2 atom stereocenters. The summed E-state index contributed by atoms with van der Waals surface area (Å²) in [4.78, 5) is 24.3. The van der Waals surface area contributed by atoms with Crippen molar-refractivity contribution in [3.8, 4) is 0 Å². The van der Waals surface area contributed by atoms with E-state index in [-0.39, 0.29) is 17.9 Å². The van der Waals surface area contributed by atoms with E-state index in [9.17, 15) is 14.0 Å². The zero-order chi connectivity index (χ0) is 17.7. The van der Waals surface area contributed by atoms with Crippen LogP contribution in [0.4, 0.5) is 25.4 Å². The number of anilines is 2. The molecule has 2 rings (SSSR count). The van der Waals surface area contributed by atoms with Crippen LogP contribution in [-0.2, 0) is 9.47 Å². The van der Waals surface area contributed by atoms with Gasteiger partial charge in [-0.2, -0.15) is 0 Å². The number of ether oxygens (including phenoxy) is 2. The minimum atomic E-state index is -0.817. The van der Waals surface area contributed by atoms with Crippen molar-refractivity contribution in [1.29, 1.82) is 0 Å². The lowest BCUT2D eigenvalue weighted by Crippen LogP contribution is -2.45. The summed E-state index contributed by atoms with van der Waals surface area (Å²) in [5, 5.41) is 2.41. The second kappa shape index (κ2) is 7.82. The summed E-state index contributed by atoms with van der Waals surface area (Å²) in [5.41, 5.74) is 4.78. The van der Waals surface area contributed by atoms with Crippen LogP contribution in [0.1, 0.15) is 13.8 Å². The number of rotatable bonds is 2. The predicted molar refractivity (Wildman–Crippen MR) is 86.3 cm³/mol. The van der Waals surface area contributed by atoms with E-state index < -0.39 is 17.9 Å². The van der Waals surface area contributed by atoms with E-state index >= 15 is 0 Å². The Morgan fingerprint density at radius 2 is 1.92 bits per heavy atom. The highest BCUT2D eigenvalue weighted by atomic mass is 19.1. The zero-order valence-corrected chi connectivity index (χ0v) is 13.8. The van der Waals surface area contributed by atoms with Crippen LogP contribution in [0.15, 0.2) is 18.2 Å². The number of halogens is 1. The largest absolute Gasteiger partial charge is 0.452 e. The average Bonchev–Trinajstić information content (AvgIpc) is 2.51. The standard InChI is InChI=1S/C15H21FN4O4/c1-9-7-20(8-10(2)24-9)13-5-4-11(6-12(13)16)17-14(21)18-19-15(22)23-3/h4-6,9-10H,7-8H2,1-3H3,(H,19,22)(H2,17,18,21)/t9-,10-/m0/s1.